The van der Waals surface area contributed by atoms with Crippen LogP contribution in [0.3, 0.4) is 0 Å². The third kappa shape index (κ3) is 30.5. The highest BCUT2D eigenvalue weighted by Gasteiger charge is 2.24. The van der Waals surface area contributed by atoms with Crippen LogP contribution in [-0.4, -0.2) is 39.6 Å². The van der Waals surface area contributed by atoms with Crippen LogP contribution in [0.4, 0.5) is 0 Å². The van der Waals surface area contributed by atoms with Crippen LogP contribution < -0.4 is 5.32 Å². The Bertz CT molecular complexity index is 708. The Balaban J connectivity index is 4.09. The molecule has 0 fully saturated rings. The standard InChI is InChI=1S/C34H66NO6P/c1-3-5-7-9-11-13-15-16-17-18-20-22-24-26-28-30-34(37)35-32(31-41-42(38,39)40)33(36)29-27-25-23-21-19-14-12-10-8-6-4-2/h16-17,27,29,32-33,36H,3-15,18-26,28,30-31H2,1-2H3,(H,35,37)(H2,38,39,40)/b17-16+,29-27+/t32-,33+/m0/s1. The highest BCUT2D eigenvalue weighted by Crippen LogP contribution is 2.35. The molecule has 0 aliphatic heterocycles. The Hall–Kier alpha value is -0.980. The van der Waals surface area contributed by atoms with E-state index in [1.807, 2.05) is 6.08 Å². The summed E-state index contributed by atoms with van der Waals surface area (Å²) in [7, 11) is -4.70. The van der Waals surface area contributed by atoms with Gasteiger partial charge in [0.2, 0.25) is 5.91 Å². The second kappa shape index (κ2) is 30.1. The van der Waals surface area contributed by atoms with Crippen molar-refractivity contribution < 1.29 is 28.8 Å². The van der Waals surface area contributed by atoms with E-state index in [2.05, 4.69) is 35.8 Å². The predicted octanol–water partition coefficient (Wildman–Crippen LogP) is 9.46. The zero-order chi connectivity index (χ0) is 31.2. The molecular weight excluding hydrogens is 549 g/mol. The number of hydrogen-bond acceptors (Lipinski definition) is 4. The van der Waals surface area contributed by atoms with E-state index in [9.17, 15) is 14.5 Å². The lowest BCUT2D eigenvalue weighted by Gasteiger charge is -2.22. The molecule has 0 unspecified atom stereocenters. The molecule has 0 heterocycles. The van der Waals surface area contributed by atoms with E-state index in [1.165, 1.54) is 96.3 Å². The second-order valence-corrected chi connectivity index (χ2v) is 13.1. The van der Waals surface area contributed by atoms with Crippen molar-refractivity contribution in [1.82, 2.24) is 5.32 Å². The normalized spacial score (nSPS) is 13.7. The summed E-state index contributed by atoms with van der Waals surface area (Å²) >= 11 is 0. The zero-order valence-electron chi connectivity index (χ0n) is 27.2. The molecule has 42 heavy (non-hydrogen) atoms. The number of allylic oxidation sites excluding steroid dienone is 3. The maximum atomic E-state index is 12.5. The largest absolute Gasteiger partial charge is 0.469 e. The van der Waals surface area contributed by atoms with Crippen molar-refractivity contribution >= 4 is 13.7 Å². The number of phosphoric ester groups is 1. The van der Waals surface area contributed by atoms with Gasteiger partial charge in [0.1, 0.15) is 0 Å². The van der Waals surface area contributed by atoms with Gasteiger partial charge in [-0.15, -0.1) is 0 Å². The van der Waals surface area contributed by atoms with Crippen LogP contribution in [0.25, 0.3) is 0 Å². The highest BCUT2D eigenvalue weighted by atomic mass is 31.2. The minimum absolute atomic E-state index is 0.238. The quantitative estimate of drug-likeness (QED) is 0.0351. The number of phosphoric acid groups is 1. The third-order valence-corrected chi connectivity index (χ3v) is 8.14. The number of nitrogens with one attached hydrogen (secondary N) is 1. The molecule has 0 saturated heterocycles. The number of hydrogen-bond donors (Lipinski definition) is 4. The number of unbranched alkanes of at least 4 members (excludes halogenated alkanes) is 20. The molecule has 0 aliphatic rings. The highest BCUT2D eigenvalue weighted by molar-refractivity contribution is 7.46. The molecule has 0 saturated carbocycles. The number of aliphatic hydroxyl groups is 1. The van der Waals surface area contributed by atoms with E-state index < -0.39 is 26.6 Å². The van der Waals surface area contributed by atoms with Crippen LogP contribution in [0.1, 0.15) is 168 Å². The smallest absolute Gasteiger partial charge is 0.387 e. The van der Waals surface area contributed by atoms with Gasteiger partial charge < -0.3 is 20.2 Å². The van der Waals surface area contributed by atoms with Crippen molar-refractivity contribution in [1.29, 1.82) is 0 Å². The van der Waals surface area contributed by atoms with E-state index in [1.54, 1.807) is 6.08 Å². The van der Waals surface area contributed by atoms with Crippen molar-refractivity contribution in [3.05, 3.63) is 24.3 Å². The molecule has 248 valence electrons. The van der Waals surface area contributed by atoms with Crippen LogP contribution in [0, 0.1) is 0 Å². The summed E-state index contributed by atoms with van der Waals surface area (Å²) in [4.78, 5) is 30.6. The molecular formula is C34H66NO6P. The van der Waals surface area contributed by atoms with Crippen LogP contribution in [0.2, 0.25) is 0 Å². The molecule has 0 bridgehead atoms. The lowest BCUT2D eigenvalue weighted by Crippen LogP contribution is -2.45. The summed E-state index contributed by atoms with van der Waals surface area (Å²) < 4.78 is 15.8. The van der Waals surface area contributed by atoms with Crippen LogP contribution in [0.5, 0.6) is 0 Å². The molecule has 4 N–H and O–H groups in total. The minimum atomic E-state index is -4.70. The summed E-state index contributed by atoms with van der Waals surface area (Å²) in [6.45, 7) is 4.02. The minimum Gasteiger partial charge on any atom is -0.387 e. The topological polar surface area (TPSA) is 116 Å². The van der Waals surface area contributed by atoms with Gasteiger partial charge in [-0.05, 0) is 44.9 Å². The second-order valence-electron chi connectivity index (χ2n) is 11.8. The molecule has 0 aliphatic carbocycles. The Morgan fingerprint density at radius 3 is 1.52 bits per heavy atom. The first kappa shape index (κ1) is 41.0. The van der Waals surface area contributed by atoms with Crippen molar-refractivity contribution in [3.8, 4) is 0 Å². The third-order valence-electron chi connectivity index (χ3n) is 7.65. The first-order valence-corrected chi connectivity index (χ1v) is 18.8. The Morgan fingerprint density at radius 1 is 0.667 bits per heavy atom. The molecule has 0 aromatic heterocycles. The SMILES string of the molecule is CCCCCCCC/C=C/CCCCCCCC(=O)N[C@@H](COP(=O)(O)O)[C@H](O)/C=C/CCCCCCCCCCC. The van der Waals surface area contributed by atoms with Gasteiger partial charge in [-0.2, -0.15) is 0 Å². The van der Waals surface area contributed by atoms with Gasteiger partial charge in [0.05, 0.1) is 18.8 Å². The van der Waals surface area contributed by atoms with Gasteiger partial charge in [-0.25, -0.2) is 4.57 Å². The first-order valence-electron chi connectivity index (χ1n) is 17.3. The monoisotopic (exact) mass is 615 g/mol. The summed E-state index contributed by atoms with van der Waals surface area (Å²) in [6.07, 6.45) is 34.8. The van der Waals surface area contributed by atoms with E-state index >= 15 is 0 Å². The molecule has 8 heteroatoms. The molecule has 0 aromatic carbocycles. The average Bonchev–Trinajstić information content (AvgIpc) is 2.95. The molecule has 1 amide bonds. The summed E-state index contributed by atoms with van der Waals surface area (Å²) in [6, 6.07) is -0.910. The predicted molar refractivity (Wildman–Crippen MR) is 176 cm³/mol. The summed E-state index contributed by atoms with van der Waals surface area (Å²) in [5.74, 6) is -0.238. The first-order chi connectivity index (χ1) is 20.3. The Kier molecular flexibility index (Phi) is 29.4. The average molecular weight is 616 g/mol. The van der Waals surface area contributed by atoms with Crippen LogP contribution in [0.15, 0.2) is 24.3 Å². The molecule has 0 rings (SSSR count). The van der Waals surface area contributed by atoms with Gasteiger partial charge in [-0.3, -0.25) is 9.32 Å². The molecule has 0 aromatic rings. The molecule has 7 nitrogen and oxygen atoms in total. The maximum Gasteiger partial charge on any atom is 0.469 e. The van der Waals surface area contributed by atoms with Crippen molar-refractivity contribution in [2.75, 3.05) is 6.61 Å². The zero-order valence-corrected chi connectivity index (χ0v) is 28.0. The Morgan fingerprint density at radius 2 is 1.07 bits per heavy atom. The number of amides is 1. The molecule has 0 radical (unpaired) electrons. The fourth-order valence-electron chi connectivity index (χ4n) is 4.98. The lowest BCUT2D eigenvalue weighted by molar-refractivity contribution is -0.123. The van der Waals surface area contributed by atoms with E-state index in [-0.39, 0.29) is 5.91 Å². The van der Waals surface area contributed by atoms with Gasteiger partial charge >= 0.3 is 7.82 Å². The van der Waals surface area contributed by atoms with Gasteiger partial charge in [0.25, 0.3) is 0 Å². The Labute approximate surface area is 258 Å². The van der Waals surface area contributed by atoms with E-state index in [4.69, 9.17) is 9.79 Å². The van der Waals surface area contributed by atoms with E-state index in [0.29, 0.717) is 6.42 Å². The molecule has 2 atom stereocenters. The van der Waals surface area contributed by atoms with Gasteiger partial charge in [0, 0.05) is 6.42 Å². The number of carbonyl (C=O) groups excluding carboxylic acids is 1. The van der Waals surface area contributed by atoms with Crippen molar-refractivity contribution in [3.63, 3.8) is 0 Å². The summed E-state index contributed by atoms with van der Waals surface area (Å²) in [5, 5.41) is 13.3. The fraction of sp³-hybridized carbons (Fsp3) is 0.853. The van der Waals surface area contributed by atoms with Crippen LogP contribution in [-0.2, 0) is 13.9 Å². The van der Waals surface area contributed by atoms with Gasteiger partial charge in [0.15, 0.2) is 0 Å². The maximum absolute atomic E-state index is 12.5. The lowest BCUT2D eigenvalue weighted by atomic mass is 10.1. The fourth-order valence-corrected chi connectivity index (χ4v) is 5.34. The number of carbonyl (C=O) groups is 1. The number of aliphatic hydroxyl groups excluding tert-OH is 1. The van der Waals surface area contributed by atoms with E-state index in [0.717, 1.165) is 51.4 Å². The van der Waals surface area contributed by atoms with Crippen molar-refractivity contribution in [2.45, 2.75) is 180 Å². The molecule has 0 spiro atoms. The van der Waals surface area contributed by atoms with Crippen LogP contribution >= 0.6 is 7.82 Å². The number of rotatable bonds is 31. The summed E-state index contributed by atoms with van der Waals surface area (Å²) in [5.41, 5.74) is 0. The van der Waals surface area contributed by atoms with Gasteiger partial charge in [-0.1, -0.05) is 141 Å². The van der Waals surface area contributed by atoms with Crippen molar-refractivity contribution in [2.24, 2.45) is 0 Å².